The second kappa shape index (κ2) is 9.57. The van der Waals surface area contributed by atoms with Crippen LogP contribution in [0.1, 0.15) is 64.2 Å². The fourth-order valence-electron chi connectivity index (χ4n) is 5.62. The highest BCUT2D eigenvalue weighted by Gasteiger charge is 2.41. The molecular formula is C22H37N3O3. The van der Waals surface area contributed by atoms with Gasteiger partial charge in [0.05, 0.1) is 19.1 Å². The topological polar surface area (TPSA) is 53.1 Å². The molecule has 0 aromatic heterocycles. The molecule has 4 fully saturated rings. The number of piperidine rings is 1. The summed E-state index contributed by atoms with van der Waals surface area (Å²) in [5.41, 5.74) is 0. The summed E-state index contributed by atoms with van der Waals surface area (Å²) in [4.78, 5) is 32.8. The molecule has 158 valence electrons. The lowest BCUT2D eigenvalue weighted by molar-refractivity contribution is -0.140. The van der Waals surface area contributed by atoms with Gasteiger partial charge in [-0.1, -0.05) is 25.7 Å². The average Bonchev–Trinajstić information content (AvgIpc) is 2.92. The number of hydrogen-bond acceptors (Lipinski definition) is 4. The molecule has 1 aliphatic carbocycles. The lowest BCUT2D eigenvalue weighted by atomic mass is 9.98. The zero-order valence-corrected chi connectivity index (χ0v) is 17.3. The number of hydrogen-bond donors (Lipinski definition) is 0. The smallest absolute Gasteiger partial charge is 0.228 e. The van der Waals surface area contributed by atoms with Gasteiger partial charge in [0.25, 0.3) is 0 Å². The number of morpholine rings is 1. The molecule has 0 aromatic carbocycles. The van der Waals surface area contributed by atoms with Gasteiger partial charge in [0.2, 0.25) is 11.8 Å². The third-order valence-corrected chi connectivity index (χ3v) is 7.26. The second-order valence-electron chi connectivity index (χ2n) is 9.19. The van der Waals surface area contributed by atoms with Crippen molar-refractivity contribution in [3.63, 3.8) is 0 Å². The van der Waals surface area contributed by atoms with E-state index in [9.17, 15) is 9.59 Å². The van der Waals surface area contributed by atoms with Crippen LogP contribution in [0.5, 0.6) is 0 Å². The summed E-state index contributed by atoms with van der Waals surface area (Å²) in [6, 6.07) is 0.680. The molecule has 0 spiro atoms. The van der Waals surface area contributed by atoms with E-state index in [1.54, 1.807) is 0 Å². The number of carbonyl (C=O) groups is 2. The molecule has 0 radical (unpaired) electrons. The van der Waals surface area contributed by atoms with Gasteiger partial charge in [-0.3, -0.25) is 14.5 Å². The van der Waals surface area contributed by atoms with E-state index in [1.165, 1.54) is 32.1 Å². The fraction of sp³-hybridized carbons (Fsp3) is 0.909. The van der Waals surface area contributed by atoms with E-state index in [-0.39, 0.29) is 17.7 Å². The molecule has 6 nitrogen and oxygen atoms in total. The molecule has 6 heteroatoms. The van der Waals surface area contributed by atoms with Crippen molar-refractivity contribution >= 4 is 11.8 Å². The van der Waals surface area contributed by atoms with Gasteiger partial charge in [-0.15, -0.1) is 0 Å². The van der Waals surface area contributed by atoms with Crippen molar-refractivity contribution in [1.29, 1.82) is 0 Å². The normalized spacial score (nSPS) is 31.2. The van der Waals surface area contributed by atoms with Crippen molar-refractivity contribution in [1.82, 2.24) is 14.7 Å². The van der Waals surface area contributed by atoms with Crippen LogP contribution in [0.25, 0.3) is 0 Å². The Hall–Kier alpha value is -1.14. The van der Waals surface area contributed by atoms with Crippen LogP contribution >= 0.6 is 0 Å². The predicted octanol–water partition coefficient (Wildman–Crippen LogP) is 2.27. The standard InChI is InChI=1S/C22H37N3O3/c26-21-15-18(16-25(21)19-7-3-1-2-4-8-19)22(27)24-10-6-5-9-20(24)17-23-11-13-28-14-12-23/h18-20H,1-17H2/t18-,20-/m1/s1. The third-order valence-electron chi connectivity index (χ3n) is 7.26. The van der Waals surface area contributed by atoms with Gasteiger partial charge < -0.3 is 14.5 Å². The minimum absolute atomic E-state index is 0.124. The summed E-state index contributed by atoms with van der Waals surface area (Å²) < 4.78 is 5.47. The molecule has 0 bridgehead atoms. The Morgan fingerprint density at radius 1 is 0.929 bits per heavy atom. The number of rotatable bonds is 4. The largest absolute Gasteiger partial charge is 0.379 e. The molecule has 0 aromatic rings. The second-order valence-corrected chi connectivity index (χ2v) is 9.19. The molecule has 3 heterocycles. The molecule has 2 amide bonds. The van der Waals surface area contributed by atoms with Crippen molar-refractivity contribution in [2.75, 3.05) is 45.9 Å². The zero-order chi connectivity index (χ0) is 19.3. The quantitative estimate of drug-likeness (QED) is 0.690. The van der Waals surface area contributed by atoms with Crippen molar-refractivity contribution in [2.45, 2.75) is 76.3 Å². The first-order valence-corrected chi connectivity index (χ1v) is 11.6. The summed E-state index contributed by atoms with van der Waals surface area (Å²) in [7, 11) is 0. The highest BCUT2D eigenvalue weighted by Crippen LogP contribution is 2.30. The molecular weight excluding hydrogens is 354 g/mol. The summed E-state index contributed by atoms with van der Waals surface area (Å²) >= 11 is 0. The maximum absolute atomic E-state index is 13.4. The fourth-order valence-corrected chi connectivity index (χ4v) is 5.62. The third kappa shape index (κ3) is 4.70. The van der Waals surface area contributed by atoms with Crippen LogP contribution < -0.4 is 0 Å². The summed E-state index contributed by atoms with van der Waals surface area (Å²) in [6.07, 6.45) is 11.1. The predicted molar refractivity (Wildman–Crippen MR) is 108 cm³/mol. The van der Waals surface area contributed by atoms with Crippen LogP contribution in [0.3, 0.4) is 0 Å². The minimum Gasteiger partial charge on any atom is -0.379 e. The number of ether oxygens (including phenoxy) is 1. The molecule has 1 saturated carbocycles. The van der Waals surface area contributed by atoms with Crippen LogP contribution in [0, 0.1) is 5.92 Å². The van der Waals surface area contributed by atoms with Crippen molar-refractivity contribution in [2.24, 2.45) is 5.92 Å². The maximum Gasteiger partial charge on any atom is 0.228 e. The first-order valence-electron chi connectivity index (χ1n) is 11.6. The molecule has 4 aliphatic rings. The van der Waals surface area contributed by atoms with Crippen molar-refractivity contribution < 1.29 is 14.3 Å². The van der Waals surface area contributed by atoms with E-state index in [0.29, 0.717) is 25.0 Å². The van der Waals surface area contributed by atoms with Crippen LogP contribution in [0.4, 0.5) is 0 Å². The van der Waals surface area contributed by atoms with Crippen LogP contribution in [0.2, 0.25) is 0 Å². The molecule has 0 N–H and O–H groups in total. The number of nitrogens with zero attached hydrogens (tertiary/aromatic N) is 3. The van der Waals surface area contributed by atoms with Gasteiger partial charge in [-0.25, -0.2) is 0 Å². The Bertz CT molecular complexity index is 541. The van der Waals surface area contributed by atoms with Crippen LogP contribution in [-0.4, -0.2) is 84.5 Å². The minimum atomic E-state index is -0.124. The number of amides is 2. The van der Waals surface area contributed by atoms with E-state index in [1.807, 2.05) is 0 Å². The monoisotopic (exact) mass is 391 g/mol. The Balaban J connectivity index is 1.37. The van der Waals surface area contributed by atoms with Gasteiger partial charge in [0.1, 0.15) is 0 Å². The SMILES string of the molecule is O=C1C[C@@H](C(=O)N2CCCC[C@@H]2CN2CCOCC2)CN1C1CCCCCC1. The Labute approximate surface area is 169 Å². The summed E-state index contributed by atoms with van der Waals surface area (Å²) in [5.74, 6) is 0.329. The molecule has 3 saturated heterocycles. The lowest BCUT2D eigenvalue weighted by Gasteiger charge is -2.40. The van der Waals surface area contributed by atoms with Gasteiger partial charge in [-0.05, 0) is 32.1 Å². The maximum atomic E-state index is 13.4. The first-order chi connectivity index (χ1) is 13.7. The molecule has 2 atom stereocenters. The molecule has 0 unspecified atom stereocenters. The first kappa shape index (κ1) is 20.1. The van der Waals surface area contributed by atoms with Crippen LogP contribution in [-0.2, 0) is 14.3 Å². The van der Waals surface area contributed by atoms with E-state index in [2.05, 4.69) is 14.7 Å². The van der Waals surface area contributed by atoms with Gasteiger partial charge in [0.15, 0.2) is 0 Å². The van der Waals surface area contributed by atoms with Crippen LogP contribution in [0.15, 0.2) is 0 Å². The molecule has 4 rings (SSSR count). The van der Waals surface area contributed by atoms with Gasteiger partial charge in [0, 0.05) is 51.2 Å². The van der Waals surface area contributed by atoms with Crippen molar-refractivity contribution in [3.8, 4) is 0 Å². The Morgan fingerprint density at radius 2 is 1.64 bits per heavy atom. The summed E-state index contributed by atoms with van der Waals surface area (Å²) in [6.45, 7) is 6.02. The lowest BCUT2D eigenvalue weighted by Crippen LogP contribution is -2.53. The zero-order valence-electron chi connectivity index (χ0n) is 17.3. The number of carbonyl (C=O) groups excluding carboxylic acids is 2. The van der Waals surface area contributed by atoms with Gasteiger partial charge in [-0.2, -0.15) is 0 Å². The molecule has 28 heavy (non-hydrogen) atoms. The average molecular weight is 392 g/mol. The molecule has 3 aliphatic heterocycles. The van der Waals surface area contributed by atoms with Crippen molar-refractivity contribution in [3.05, 3.63) is 0 Å². The Morgan fingerprint density at radius 3 is 2.39 bits per heavy atom. The highest BCUT2D eigenvalue weighted by molar-refractivity contribution is 5.89. The Kier molecular flexibility index (Phi) is 6.89. The van der Waals surface area contributed by atoms with Gasteiger partial charge >= 0.3 is 0 Å². The van der Waals surface area contributed by atoms with E-state index >= 15 is 0 Å². The van der Waals surface area contributed by atoms with E-state index < -0.39 is 0 Å². The highest BCUT2D eigenvalue weighted by atomic mass is 16.5. The number of likely N-dealkylation sites (tertiary alicyclic amines) is 2. The summed E-state index contributed by atoms with van der Waals surface area (Å²) in [5, 5.41) is 0. The van der Waals surface area contributed by atoms with E-state index in [0.717, 1.165) is 65.1 Å². The van der Waals surface area contributed by atoms with E-state index in [4.69, 9.17) is 4.74 Å².